The van der Waals surface area contributed by atoms with Crippen LogP contribution in [0, 0.1) is 5.92 Å². The molecule has 0 radical (unpaired) electrons. The molecule has 0 aromatic heterocycles. The summed E-state index contributed by atoms with van der Waals surface area (Å²) in [7, 11) is 0. The maximum atomic E-state index is 13.2. The highest BCUT2D eigenvalue weighted by Crippen LogP contribution is 2.19. The molecule has 0 unspecified atom stereocenters. The van der Waals surface area contributed by atoms with Crippen molar-refractivity contribution in [2.45, 2.75) is 57.3 Å². The van der Waals surface area contributed by atoms with Gasteiger partial charge in [-0.05, 0) is 54.5 Å². The minimum Gasteiger partial charge on any atom is -0.489 e. The summed E-state index contributed by atoms with van der Waals surface area (Å²) < 4.78 is 11.5. The molecule has 0 bridgehead atoms. The van der Waals surface area contributed by atoms with Crippen LogP contribution in [0.5, 0.6) is 5.75 Å². The Morgan fingerprint density at radius 2 is 1.56 bits per heavy atom. The lowest BCUT2D eigenvalue weighted by molar-refractivity contribution is -0.150. The molecule has 3 N–H and O–H groups in total. The SMILES string of the molecule is C=CCCCC(=O)O[C@H](CNC(=O)[C@@H](CC=C)CC(=O)N[C@H](CO)Cc1ccc(OCc2ccccc2)cc1)c1ccccc1. The van der Waals surface area contributed by atoms with Crippen molar-refractivity contribution in [1.29, 1.82) is 0 Å². The van der Waals surface area contributed by atoms with Gasteiger partial charge in [0.15, 0.2) is 0 Å². The molecule has 0 spiro atoms. The molecule has 0 aliphatic rings. The van der Waals surface area contributed by atoms with E-state index in [1.54, 1.807) is 12.2 Å². The predicted octanol–water partition coefficient (Wildman–Crippen LogP) is 5.62. The molecule has 238 valence electrons. The van der Waals surface area contributed by atoms with Crippen molar-refractivity contribution in [3.05, 3.63) is 127 Å². The number of nitrogens with one attached hydrogen (secondary N) is 2. The van der Waals surface area contributed by atoms with E-state index in [4.69, 9.17) is 9.47 Å². The summed E-state index contributed by atoms with van der Waals surface area (Å²) in [5, 5.41) is 15.7. The second kappa shape index (κ2) is 19.6. The maximum absolute atomic E-state index is 13.2. The highest BCUT2D eigenvalue weighted by atomic mass is 16.5. The second-order valence-electron chi connectivity index (χ2n) is 10.8. The summed E-state index contributed by atoms with van der Waals surface area (Å²) in [6.07, 6.45) is 4.88. The number of aliphatic hydroxyl groups is 1. The molecule has 3 aromatic rings. The fourth-order valence-corrected chi connectivity index (χ4v) is 4.74. The Kier molecular flexibility index (Phi) is 15.1. The Hall–Kier alpha value is -4.69. The number of hydrogen-bond acceptors (Lipinski definition) is 6. The monoisotopic (exact) mass is 612 g/mol. The van der Waals surface area contributed by atoms with Crippen molar-refractivity contribution in [2.75, 3.05) is 13.2 Å². The van der Waals surface area contributed by atoms with Crippen LogP contribution < -0.4 is 15.4 Å². The summed E-state index contributed by atoms with van der Waals surface area (Å²) in [5.74, 6) is -1.01. The molecule has 0 fully saturated rings. The van der Waals surface area contributed by atoms with Gasteiger partial charge in [-0.25, -0.2) is 0 Å². The van der Waals surface area contributed by atoms with Crippen molar-refractivity contribution in [3.8, 4) is 5.75 Å². The summed E-state index contributed by atoms with van der Waals surface area (Å²) in [4.78, 5) is 38.6. The zero-order valence-corrected chi connectivity index (χ0v) is 25.7. The lowest BCUT2D eigenvalue weighted by Gasteiger charge is -2.22. The van der Waals surface area contributed by atoms with Gasteiger partial charge in [-0.1, -0.05) is 84.9 Å². The lowest BCUT2D eigenvalue weighted by Crippen LogP contribution is -2.42. The highest BCUT2D eigenvalue weighted by Gasteiger charge is 2.24. The fourth-order valence-electron chi connectivity index (χ4n) is 4.74. The van der Waals surface area contributed by atoms with Crippen LogP contribution in [0.4, 0.5) is 0 Å². The van der Waals surface area contributed by atoms with Crippen molar-refractivity contribution in [2.24, 2.45) is 5.92 Å². The molecular formula is C37H44N2O6. The summed E-state index contributed by atoms with van der Waals surface area (Å²) >= 11 is 0. The third-order valence-corrected chi connectivity index (χ3v) is 7.19. The molecule has 3 atom stereocenters. The Morgan fingerprint density at radius 1 is 0.867 bits per heavy atom. The van der Waals surface area contributed by atoms with Crippen LogP contribution in [0.15, 0.2) is 110 Å². The van der Waals surface area contributed by atoms with E-state index in [1.807, 2.05) is 84.9 Å². The molecule has 2 amide bonds. The van der Waals surface area contributed by atoms with Gasteiger partial charge in [-0.3, -0.25) is 14.4 Å². The third kappa shape index (κ3) is 12.8. The molecule has 8 nitrogen and oxygen atoms in total. The number of hydrogen-bond donors (Lipinski definition) is 3. The minimum absolute atomic E-state index is 0.0651. The van der Waals surface area contributed by atoms with E-state index in [2.05, 4.69) is 23.8 Å². The Balaban J connectivity index is 1.52. The highest BCUT2D eigenvalue weighted by molar-refractivity contribution is 5.86. The molecule has 0 saturated carbocycles. The van der Waals surface area contributed by atoms with Crippen LogP contribution in [-0.4, -0.2) is 42.1 Å². The van der Waals surface area contributed by atoms with Gasteiger partial charge >= 0.3 is 5.97 Å². The van der Waals surface area contributed by atoms with Crippen LogP contribution in [-0.2, 0) is 32.1 Å². The molecule has 3 aromatic carbocycles. The van der Waals surface area contributed by atoms with Crippen LogP contribution in [0.25, 0.3) is 0 Å². The molecule has 3 rings (SSSR count). The number of ether oxygens (including phenoxy) is 2. The molecule has 0 heterocycles. The van der Waals surface area contributed by atoms with Crippen molar-refractivity contribution in [3.63, 3.8) is 0 Å². The van der Waals surface area contributed by atoms with Crippen LogP contribution >= 0.6 is 0 Å². The zero-order valence-electron chi connectivity index (χ0n) is 25.7. The molecule has 0 aliphatic heterocycles. The van der Waals surface area contributed by atoms with Gasteiger partial charge < -0.3 is 25.2 Å². The van der Waals surface area contributed by atoms with E-state index < -0.39 is 18.1 Å². The fraction of sp³-hybridized carbons (Fsp3) is 0.324. The van der Waals surface area contributed by atoms with E-state index >= 15 is 0 Å². The van der Waals surface area contributed by atoms with Gasteiger partial charge in [0.25, 0.3) is 0 Å². The molecular weight excluding hydrogens is 568 g/mol. The van der Waals surface area contributed by atoms with Gasteiger partial charge in [0.1, 0.15) is 18.5 Å². The first-order chi connectivity index (χ1) is 21.9. The largest absolute Gasteiger partial charge is 0.489 e. The van der Waals surface area contributed by atoms with Crippen molar-refractivity contribution < 1.29 is 29.0 Å². The van der Waals surface area contributed by atoms with Crippen LogP contribution in [0.3, 0.4) is 0 Å². The number of benzene rings is 3. The standard InChI is InChI=1S/C37H44N2O6/c1-3-5-8-18-36(42)45-34(30-16-11-7-12-17-30)25-38-37(43)31(13-4-2)24-35(41)39-32(26-40)23-28-19-21-33(22-20-28)44-27-29-14-9-6-10-15-29/h3-4,6-7,9-12,14-17,19-22,31-32,34,40H,1-2,5,8,13,18,23-27H2,(H,38,43)(H,39,41)/t31-,32-,34+/m0/s1. The maximum Gasteiger partial charge on any atom is 0.306 e. The van der Waals surface area contributed by atoms with Crippen molar-refractivity contribution >= 4 is 17.8 Å². The average molecular weight is 613 g/mol. The van der Waals surface area contributed by atoms with Gasteiger partial charge in [0.05, 0.1) is 25.1 Å². The number of carbonyl (C=O) groups excluding carboxylic acids is 3. The minimum atomic E-state index is -0.678. The number of amides is 2. The average Bonchev–Trinajstić information content (AvgIpc) is 3.06. The molecule has 45 heavy (non-hydrogen) atoms. The number of rotatable bonds is 20. The van der Waals surface area contributed by atoms with Gasteiger partial charge in [-0.15, -0.1) is 13.2 Å². The Labute approximate surface area is 266 Å². The zero-order chi connectivity index (χ0) is 32.3. The summed E-state index contributed by atoms with van der Waals surface area (Å²) in [5.41, 5.74) is 2.75. The quantitative estimate of drug-likeness (QED) is 0.0867. The molecule has 8 heteroatoms. The number of unbranched alkanes of at least 4 members (excludes halogenated alkanes) is 1. The van der Waals surface area contributed by atoms with E-state index in [-0.39, 0.29) is 50.2 Å². The topological polar surface area (TPSA) is 114 Å². The van der Waals surface area contributed by atoms with E-state index in [0.717, 1.165) is 22.4 Å². The second-order valence-corrected chi connectivity index (χ2v) is 10.8. The van der Waals surface area contributed by atoms with Crippen LogP contribution in [0.2, 0.25) is 0 Å². The van der Waals surface area contributed by atoms with E-state index in [1.165, 1.54) is 0 Å². The lowest BCUT2D eigenvalue weighted by atomic mass is 9.98. The Bertz CT molecular complexity index is 1340. The van der Waals surface area contributed by atoms with Gasteiger partial charge in [-0.2, -0.15) is 0 Å². The van der Waals surface area contributed by atoms with Crippen LogP contribution in [0.1, 0.15) is 54.9 Å². The number of allylic oxidation sites excluding steroid dienone is 2. The van der Waals surface area contributed by atoms with Gasteiger partial charge in [0.2, 0.25) is 11.8 Å². The first-order valence-corrected chi connectivity index (χ1v) is 15.3. The predicted molar refractivity (Wildman–Crippen MR) is 175 cm³/mol. The first-order valence-electron chi connectivity index (χ1n) is 15.3. The summed E-state index contributed by atoms with van der Waals surface area (Å²) in [6.45, 7) is 7.68. The van der Waals surface area contributed by atoms with E-state index in [9.17, 15) is 19.5 Å². The Morgan fingerprint density at radius 3 is 2.20 bits per heavy atom. The molecule has 0 saturated heterocycles. The molecule has 0 aliphatic carbocycles. The van der Waals surface area contributed by atoms with E-state index in [0.29, 0.717) is 25.9 Å². The normalized spacial score (nSPS) is 12.6. The number of aliphatic hydroxyl groups excluding tert-OH is 1. The first kappa shape index (κ1) is 34.8. The smallest absolute Gasteiger partial charge is 0.306 e. The summed E-state index contributed by atoms with van der Waals surface area (Å²) in [6, 6.07) is 26.1. The van der Waals surface area contributed by atoms with Gasteiger partial charge in [0, 0.05) is 12.8 Å². The number of esters is 1. The number of carbonyl (C=O) groups is 3. The third-order valence-electron chi connectivity index (χ3n) is 7.19. The van der Waals surface area contributed by atoms with Crippen molar-refractivity contribution in [1.82, 2.24) is 10.6 Å².